The molecule has 0 unspecified atom stereocenters. The molecule has 0 saturated heterocycles. The van der Waals surface area contributed by atoms with Crippen molar-refractivity contribution in [1.29, 1.82) is 0 Å². The van der Waals surface area contributed by atoms with Crippen molar-refractivity contribution in [2.24, 2.45) is 0 Å². The molecule has 24 heavy (non-hydrogen) atoms. The Morgan fingerprint density at radius 3 is 2.54 bits per heavy atom. The average molecular weight is 345 g/mol. The number of fused-ring (bicyclic) bond motifs is 1. The number of benzene rings is 2. The van der Waals surface area contributed by atoms with Crippen LogP contribution in [0.15, 0.2) is 42.2 Å². The van der Waals surface area contributed by atoms with Crippen LogP contribution in [0.4, 0.5) is 0 Å². The smallest absolute Gasteiger partial charge is 0.232 e. The van der Waals surface area contributed by atoms with E-state index in [4.69, 9.17) is 25.8 Å². The molecule has 1 aliphatic rings. The first-order valence-electron chi connectivity index (χ1n) is 7.75. The third-order valence-electron chi connectivity index (χ3n) is 3.50. The van der Waals surface area contributed by atoms with Crippen molar-refractivity contribution >= 4 is 23.5 Å². The van der Waals surface area contributed by atoms with E-state index in [1.165, 1.54) is 0 Å². The maximum Gasteiger partial charge on any atom is 0.232 e. The fourth-order valence-electron chi connectivity index (χ4n) is 2.47. The van der Waals surface area contributed by atoms with E-state index in [-0.39, 0.29) is 11.5 Å². The van der Waals surface area contributed by atoms with Crippen molar-refractivity contribution in [1.82, 2.24) is 0 Å². The lowest BCUT2D eigenvalue weighted by Crippen LogP contribution is -2.00. The number of halogens is 1. The van der Waals surface area contributed by atoms with Gasteiger partial charge in [0.25, 0.3) is 0 Å². The first-order valence-corrected chi connectivity index (χ1v) is 8.13. The highest BCUT2D eigenvalue weighted by Crippen LogP contribution is 2.35. The third-order valence-corrected chi connectivity index (χ3v) is 3.73. The Bertz CT molecular complexity index is 811. The van der Waals surface area contributed by atoms with E-state index < -0.39 is 0 Å². The average Bonchev–Trinajstić information content (AvgIpc) is 2.86. The van der Waals surface area contributed by atoms with Gasteiger partial charge in [-0.15, -0.1) is 0 Å². The van der Waals surface area contributed by atoms with Crippen LogP contribution in [0.25, 0.3) is 6.08 Å². The molecular formula is C19H17ClO4. The largest absolute Gasteiger partial charge is 0.490 e. The van der Waals surface area contributed by atoms with Gasteiger partial charge in [0.05, 0.1) is 18.8 Å². The Kier molecular flexibility index (Phi) is 4.76. The SMILES string of the molecule is CCOc1ccc(/C=C2\Oc3ccc(Cl)cc3C2=O)cc1OCC. The summed E-state index contributed by atoms with van der Waals surface area (Å²) in [5.74, 6) is 1.92. The quantitative estimate of drug-likeness (QED) is 0.734. The molecule has 0 N–H and O–H groups in total. The molecule has 0 spiro atoms. The number of hydrogen-bond donors (Lipinski definition) is 0. The van der Waals surface area contributed by atoms with E-state index in [2.05, 4.69) is 0 Å². The summed E-state index contributed by atoms with van der Waals surface area (Å²) in [4.78, 5) is 12.4. The number of carbonyl (C=O) groups is 1. The number of carbonyl (C=O) groups excluding carboxylic acids is 1. The van der Waals surface area contributed by atoms with Crippen LogP contribution in [-0.2, 0) is 0 Å². The number of Topliss-reactive ketones (excluding diaryl/α,β-unsaturated/α-hetero) is 1. The first kappa shape index (κ1) is 16.4. The maximum absolute atomic E-state index is 12.4. The van der Waals surface area contributed by atoms with Gasteiger partial charge in [0.1, 0.15) is 5.75 Å². The second kappa shape index (κ2) is 6.97. The van der Waals surface area contributed by atoms with Gasteiger partial charge in [0.15, 0.2) is 17.3 Å². The first-order chi connectivity index (χ1) is 11.6. The highest BCUT2D eigenvalue weighted by Gasteiger charge is 2.27. The van der Waals surface area contributed by atoms with Crippen LogP contribution in [0.3, 0.4) is 0 Å². The Hall–Kier alpha value is -2.46. The normalized spacial score (nSPS) is 14.5. The number of ether oxygens (including phenoxy) is 3. The van der Waals surface area contributed by atoms with Gasteiger partial charge in [0, 0.05) is 5.02 Å². The van der Waals surface area contributed by atoms with Gasteiger partial charge in [-0.2, -0.15) is 0 Å². The predicted molar refractivity (Wildman–Crippen MR) is 93.2 cm³/mol. The molecule has 124 valence electrons. The van der Waals surface area contributed by atoms with E-state index >= 15 is 0 Å². The molecule has 0 fully saturated rings. The summed E-state index contributed by atoms with van der Waals surface area (Å²) in [6.07, 6.45) is 1.69. The van der Waals surface area contributed by atoms with E-state index in [1.807, 2.05) is 32.0 Å². The summed E-state index contributed by atoms with van der Waals surface area (Å²) in [6, 6.07) is 10.5. The molecule has 0 atom stereocenters. The number of hydrogen-bond acceptors (Lipinski definition) is 4. The van der Waals surface area contributed by atoms with Gasteiger partial charge in [-0.25, -0.2) is 0 Å². The lowest BCUT2D eigenvalue weighted by Gasteiger charge is -2.11. The molecule has 3 rings (SSSR count). The zero-order valence-electron chi connectivity index (χ0n) is 13.5. The predicted octanol–water partition coefficient (Wildman–Crippen LogP) is 4.75. The van der Waals surface area contributed by atoms with Gasteiger partial charge < -0.3 is 14.2 Å². The molecule has 2 aromatic rings. The molecule has 0 aliphatic carbocycles. The molecule has 4 nitrogen and oxygen atoms in total. The topological polar surface area (TPSA) is 44.8 Å². The summed E-state index contributed by atoms with van der Waals surface area (Å²) in [5.41, 5.74) is 1.27. The van der Waals surface area contributed by atoms with Crippen LogP contribution < -0.4 is 14.2 Å². The summed E-state index contributed by atoms with van der Waals surface area (Å²) >= 11 is 5.94. The van der Waals surface area contributed by atoms with Gasteiger partial charge in [-0.05, 0) is 55.8 Å². The van der Waals surface area contributed by atoms with Crippen LogP contribution in [-0.4, -0.2) is 19.0 Å². The summed E-state index contributed by atoms with van der Waals surface area (Å²) in [5, 5.41) is 0.506. The molecule has 0 aromatic heterocycles. The lowest BCUT2D eigenvalue weighted by atomic mass is 10.1. The molecule has 1 heterocycles. The van der Waals surface area contributed by atoms with E-state index in [0.717, 1.165) is 5.56 Å². The van der Waals surface area contributed by atoms with E-state index in [9.17, 15) is 4.79 Å². The van der Waals surface area contributed by atoms with Crippen molar-refractivity contribution in [2.75, 3.05) is 13.2 Å². The van der Waals surface area contributed by atoms with Crippen molar-refractivity contribution in [3.63, 3.8) is 0 Å². The Balaban J connectivity index is 1.92. The molecule has 0 amide bonds. The fraction of sp³-hybridized carbons (Fsp3) is 0.211. The minimum Gasteiger partial charge on any atom is -0.490 e. The molecule has 5 heteroatoms. The minimum atomic E-state index is -0.181. The number of ketones is 1. The van der Waals surface area contributed by atoms with Crippen molar-refractivity contribution in [3.05, 3.63) is 58.3 Å². The monoisotopic (exact) mass is 344 g/mol. The minimum absolute atomic E-state index is 0.181. The third kappa shape index (κ3) is 3.24. The van der Waals surface area contributed by atoms with Gasteiger partial charge in [0.2, 0.25) is 5.78 Å². The summed E-state index contributed by atoms with van der Waals surface area (Å²) in [7, 11) is 0. The van der Waals surface area contributed by atoms with Crippen LogP contribution in [0.1, 0.15) is 29.8 Å². The second-order valence-electron chi connectivity index (χ2n) is 5.15. The zero-order chi connectivity index (χ0) is 17.1. The number of allylic oxidation sites excluding steroid dienone is 1. The highest BCUT2D eigenvalue weighted by atomic mass is 35.5. The second-order valence-corrected chi connectivity index (χ2v) is 5.59. The fourth-order valence-corrected chi connectivity index (χ4v) is 2.64. The molecule has 2 aromatic carbocycles. The van der Waals surface area contributed by atoms with Gasteiger partial charge in [-0.1, -0.05) is 17.7 Å². The lowest BCUT2D eigenvalue weighted by molar-refractivity contribution is 0.101. The van der Waals surface area contributed by atoms with E-state index in [1.54, 1.807) is 24.3 Å². The summed E-state index contributed by atoms with van der Waals surface area (Å²) in [6.45, 7) is 4.90. The molecule has 0 bridgehead atoms. The van der Waals surface area contributed by atoms with Crippen LogP contribution >= 0.6 is 11.6 Å². The summed E-state index contributed by atoms with van der Waals surface area (Å²) < 4.78 is 16.8. The van der Waals surface area contributed by atoms with Crippen molar-refractivity contribution in [3.8, 4) is 17.2 Å². The van der Waals surface area contributed by atoms with Crippen molar-refractivity contribution in [2.45, 2.75) is 13.8 Å². The number of rotatable bonds is 5. The van der Waals surface area contributed by atoms with Gasteiger partial charge >= 0.3 is 0 Å². The molecule has 0 saturated carbocycles. The van der Waals surface area contributed by atoms with Crippen molar-refractivity contribution < 1.29 is 19.0 Å². The maximum atomic E-state index is 12.4. The Morgan fingerprint density at radius 1 is 1.04 bits per heavy atom. The van der Waals surface area contributed by atoms with Crippen LogP contribution in [0.2, 0.25) is 5.02 Å². The molecular weight excluding hydrogens is 328 g/mol. The zero-order valence-corrected chi connectivity index (χ0v) is 14.2. The standard InChI is InChI=1S/C19H17ClO4/c1-3-22-16-7-5-12(9-17(16)23-4-2)10-18-19(21)14-11-13(20)6-8-15(14)24-18/h5-11H,3-4H2,1-2H3/b18-10-. The van der Waals surface area contributed by atoms with E-state index in [0.29, 0.717) is 41.0 Å². The van der Waals surface area contributed by atoms with Crippen LogP contribution in [0, 0.1) is 0 Å². The van der Waals surface area contributed by atoms with Gasteiger partial charge in [-0.3, -0.25) is 4.79 Å². The Morgan fingerprint density at radius 2 is 1.79 bits per heavy atom. The van der Waals surface area contributed by atoms with Crippen LogP contribution in [0.5, 0.6) is 17.2 Å². The molecule has 1 aliphatic heterocycles. The highest BCUT2D eigenvalue weighted by molar-refractivity contribution is 6.31. The molecule has 0 radical (unpaired) electrons. The Labute approximate surface area is 145 Å².